The maximum atomic E-state index is 11.0. The summed E-state index contributed by atoms with van der Waals surface area (Å²) in [5.41, 5.74) is 0. The topological polar surface area (TPSA) is 35.5 Å². The van der Waals surface area contributed by atoms with Gasteiger partial charge in [-0.3, -0.25) is 0 Å². The zero-order chi connectivity index (χ0) is 12.5. The molecule has 0 N–H and O–H groups in total. The number of hydrogen-bond donors (Lipinski definition) is 0. The highest BCUT2D eigenvalue weighted by Gasteiger charge is 2.00. The largest absolute Gasteiger partial charge is 0.496 e. The average molecular weight is 252 g/mol. The molecule has 0 spiro atoms. The van der Waals surface area contributed by atoms with Gasteiger partial charge in [0.15, 0.2) is 0 Å². The van der Waals surface area contributed by atoms with Gasteiger partial charge >= 0.3 is 5.97 Å². The summed E-state index contributed by atoms with van der Waals surface area (Å²) in [4.78, 5) is 12.1. The lowest BCUT2D eigenvalue weighted by Crippen LogP contribution is -1.98. The van der Waals surface area contributed by atoms with E-state index in [-0.39, 0.29) is 5.97 Å². The molecule has 0 fully saturated rings. The van der Waals surface area contributed by atoms with Crippen LogP contribution < -0.4 is 4.74 Å². The number of carbonyl (C=O) groups is 1. The van der Waals surface area contributed by atoms with E-state index < -0.39 is 0 Å². The lowest BCUT2D eigenvalue weighted by Gasteiger charge is -2.05. The van der Waals surface area contributed by atoms with Crippen LogP contribution in [0.4, 0.5) is 0 Å². The summed E-state index contributed by atoms with van der Waals surface area (Å²) in [5.74, 6) is 1.26. The van der Waals surface area contributed by atoms with E-state index in [0.29, 0.717) is 12.4 Å². The maximum Gasteiger partial charge on any atom is 0.330 e. The van der Waals surface area contributed by atoms with E-state index in [4.69, 9.17) is 9.47 Å². The Bertz CT molecular complexity index is 388. The van der Waals surface area contributed by atoms with E-state index >= 15 is 0 Å². The monoisotopic (exact) mass is 252 g/mol. The lowest BCUT2D eigenvalue weighted by molar-refractivity contribution is -0.137. The smallest absolute Gasteiger partial charge is 0.330 e. The lowest BCUT2D eigenvalue weighted by atomic mass is 10.3. The minimum Gasteiger partial charge on any atom is -0.496 e. The van der Waals surface area contributed by atoms with Crippen LogP contribution in [0.5, 0.6) is 5.75 Å². The first kappa shape index (κ1) is 13.6. The van der Waals surface area contributed by atoms with Crippen molar-refractivity contribution in [3.05, 3.63) is 36.4 Å². The van der Waals surface area contributed by atoms with Crippen molar-refractivity contribution < 1.29 is 14.3 Å². The van der Waals surface area contributed by atoms with Crippen LogP contribution in [-0.4, -0.2) is 25.4 Å². The molecule has 0 aliphatic heterocycles. The maximum absolute atomic E-state index is 11.0. The van der Waals surface area contributed by atoms with E-state index in [2.05, 4.69) is 0 Å². The molecule has 0 saturated heterocycles. The van der Waals surface area contributed by atoms with Gasteiger partial charge in [-0.25, -0.2) is 4.79 Å². The van der Waals surface area contributed by atoms with E-state index in [1.165, 1.54) is 6.08 Å². The summed E-state index contributed by atoms with van der Waals surface area (Å²) in [5, 5.41) is 0. The summed E-state index contributed by atoms with van der Waals surface area (Å²) in [6.45, 7) is 2.19. The van der Waals surface area contributed by atoms with Gasteiger partial charge < -0.3 is 9.47 Å². The molecule has 92 valence electrons. The van der Waals surface area contributed by atoms with Gasteiger partial charge in [0.2, 0.25) is 0 Å². The summed E-state index contributed by atoms with van der Waals surface area (Å²) in [6, 6.07) is 7.79. The first-order valence-corrected chi connectivity index (χ1v) is 6.35. The van der Waals surface area contributed by atoms with Crippen LogP contribution in [0.1, 0.15) is 6.92 Å². The van der Waals surface area contributed by atoms with Gasteiger partial charge in [0.05, 0.1) is 13.7 Å². The molecule has 17 heavy (non-hydrogen) atoms. The second-order valence-corrected chi connectivity index (χ2v) is 4.18. The highest BCUT2D eigenvalue weighted by atomic mass is 32.2. The van der Waals surface area contributed by atoms with Gasteiger partial charge in [-0.2, -0.15) is 0 Å². The summed E-state index contributed by atoms with van der Waals surface area (Å²) < 4.78 is 10.0. The molecule has 1 aromatic carbocycles. The molecule has 0 heterocycles. The summed E-state index contributed by atoms with van der Waals surface area (Å²) in [6.07, 6.45) is 3.24. The number of esters is 1. The number of methoxy groups -OCH3 is 1. The molecule has 0 aromatic heterocycles. The van der Waals surface area contributed by atoms with E-state index in [1.54, 1.807) is 31.9 Å². The number of hydrogen-bond acceptors (Lipinski definition) is 4. The van der Waals surface area contributed by atoms with Crippen LogP contribution in [0.2, 0.25) is 0 Å². The van der Waals surface area contributed by atoms with E-state index in [9.17, 15) is 4.79 Å². The molecule has 0 aliphatic rings. The molecule has 0 saturated carbocycles. The number of carbonyl (C=O) groups excluding carboxylic acids is 1. The predicted molar refractivity (Wildman–Crippen MR) is 69.5 cm³/mol. The molecule has 0 unspecified atom stereocenters. The van der Waals surface area contributed by atoms with Crippen molar-refractivity contribution in [1.29, 1.82) is 0 Å². The quantitative estimate of drug-likeness (QED) is 0.443. The Morgan fingerprint density at radius 3 is 2.88 bits per heavy atom. The Balaban J connectivity index is 2.43. The molecule has 1 rings (SSSR count). The number of thioether (sulfide) groups is 1. The van der Waals surface area contributed by atoms with Gasteiger partial charge in [-0.05, 0) is 19.1 Å². The van der Waals surface area contributed by atoms with Gasteiger partial charge in [0.1, 0.15) is 5.75 Å². The zero-order valence-electron chi connectivity index (χ0n) is 10.0. The fourth-order valence-corrected chi connectivity index (χ4v) is 2.05. The third-order valence-electron chi connectivity index (χ3n) is 1.94. The molecule has 4 heteroatoms. The van der Waals surface area contributed by atoms with Crippen molar-refractivity contribution in [2.45, 2.75) is 11.8 Å². The Morgan fingerprint density at radius 1 is 1.41 bits per heavy atom. The molecule has 0 bridgehead atoms. The molecule has 0 amide bonds. The van der Waals surface area contributed by atoms with Crippen molar-refractivity contribution in [3.8, 4) is 5.75 Å². The Hall–Kier alpha value is -1.42. The Labute approximate surface area is 106 Å². The third-order valence-corrected chi connectivity index (χ3v) is 2.95. The van der Waals surface area contributed by atoms with E-state index in [0.717, 1.165) is 10.6 Å². The SMILES string of the molecule is CCOC(=O)/C=C/CSc1ccccc1OC. The fourth-order valence-electron chi connectivity index (χ4n) is 1.21. The van der Waals surface area contributed by atoms with Crippen LogP contribution in [0.3, 0.4) is 0 Å². The van der Waals surface area contributed by atoms with Gasteiger partial charge in [-0.15, -0.1) is 11.8 Å². The van der Waals surface area contributed by atoms with Crippen molar-refractivity contribution in [3.63, 3.8) is 0 Å². The van der Waals surface area contributed by atoms with Crippen LogP contribution in [-0.2, 0) is 9.53 Å². The number of benzene rings is 1. The van der Waals surface area contributed by atoms with Crippen LogP contribution in [0.25, 0.3) is 0 Å². The molecular weight excluding hydrogens is 236 g/mol. The van der Waals surface area contributed by atoms with Gasteiger partial charge in [0, 0.05) is 16.7 Å². The fraction of sp³-hybridized carbons (Fsp3) is 0.308. The number of ether oxygens (including phenoxy) is 2. The van der Waals surface area contributed by atoms with Crippen molar-refractivity contribution in [2.75, 3.05) is 19.5 Å². The minimum absolute atomic E-state index is 0.298. The standard InChI is InChI=1S/C13H16O3S/c1-3-16-13(14)9-6-10-17-12-8-5-4-7-11(12)15-2/h4-9H,3,10H2,1-2H3/b9-6+. The van der Waals surface area contributed by atoms with Crippen LogP contribution >= 0.6 is 11.8 Å². The second kappa shape index (κ2) is 7.79. The normalized spacial score (nSPS) is 10.5. The Kier molecular flexibility index (Phi) is 6.25. The van der Waals surface area contributed by atoms with Crippen LogP contribution in [0.15, 0.2) is 41.3 Å². The first-order valence-electron chi connectivity index (χ1n) is 5.37. The van der Waals surface area contributed by atoms with E-state index in [1.807, 2.05) is 24.3 Å². The molecule has 0 aliphatic carbocycles. The molecule has 3 nitrogen and oxygen atoms in total. The van der Waals surface area contributed by atoms with Gasteiger partial charge in [0.25, 0.3) is 0 Å². The number of para-hydroxylation sites is 1. The average Bonchev–Trinajstić information content (AvgIpc) is 2.35. The number of rotatable bonds is 6. The predicted octanol–water partition coefficient (Wildman–Crippen LogP) is 2.91. The molecule has 0 radical (unpaired) electrons. The van der Waals surface area contributed by atoms with Crippen molar-refractivity contribution in [1.82, 2.24) is 0 Å². The summed E-state index contributed by atoms with van der Waals surface area (Å²) in [7, 11) is 1.65. The van der Waals surface area contributed by atoms with Crippen molar-refractivity contribution >= 4 is 17.7 Å². The molecule has 1 aromatic rings. The first-order chi connectivity index (χ1) is 8.27. The highest BCUT2D eigenvalue weighted by molar-refractivity contribution is 7.99. The summed E-state index contributed by atoms with van der Waals surface area (Å²) >= 11 is 1.61. The second-order valence-electron chi connectivity index (χ2n) is 3.12. The molecular formula is C13H16O3S. The highest BCUT2D eigenvalue weighted by Crippen LogP contribution is 2.28. The van der Waals surface area contributed by atoms with Crippen LogP contribution in [0, 0.1) is 0 Å². The Morgan fingerprint density at radius 2 is 2.18 bits per heavy atom. The zero-order valence-corrected chi connectivity index (χ0v) is 10.8. The van der Waals surface area contributed by atoms with Crippen molar-refractivity contribution in [2.24, 2.45) is 0 Å². The minimum atomic E-state index is -0.298. The van der Waals surface area contributed by atoms with Gasteiger partial charge in [-0.1, -0.05) is 18.2 Å². The molecule has 0 atom stereocenters. The third kappa shape index (κ3) is 4.95.